The maximum atomic E-state index is 5.94. The van der Waals surface area contributed by atoms with Crippen LogP contribution in [-0.2, 0) is 10.6 Å². The third-order valence-electron chi connectivity index (χ3n) is 3.41. The molecule has 1 aromatic heterocycles. The van der Waals surface area contributed by atoms with Gasteiger partial charge < -0.3 is 9.64 Å². The first kappa shape index (κ1) is 14.6. The summed E-state index contributed by atoms with van der Waals surface area (Å²) in [5.74, 6) is 1.58. The molecule has 0 bridgehead atoms. The SMILES string of the molecule is CCCOC1CCCN(c2cc(CCl)cc(C)n2)C1. The Balaban J connectivity index is 2.06. The molecule has 0 aromatic carbocycles. The molecular weight excluding hydrogens is 260 g/mol. The van der Waals surface area contributed by atoms with E-state index in [0.29, 0.717) is 12.0 Å². The number of ether oxygens (including phenoxy) is 1. The Labute approximate surface area is 120 Å². The first-order valence-electron chi connectivity index (χ1n) is 7.13. The van der Waals surface area contributed by atoms with Crippen LogP contribution < -0.4 is 4.90 Å². The molecular formula is C15H23ClN2O. The van der Waals surface area contributed by atoms with Gasteiger partial charge in [-0.25, -0.2) is 4.98 Å². The minimum absolute atomic E-state index is 0.343. The van der Waals surface area contributed by atoms with Crippen molar-refractivity contribution in [1.29, 1.82) is 0 Å². The van der Waals surface area contributed by atoms with Gasteiger partial charge >= 0.3 is 0 Å². The summed E-state index contributed by atoms with van der Waals surface area (Å²) in [6.07, 6.45) is 3.75. The van der Waals surface area contributed by atoms with Crippen LogP contribution in [0.1, 0.15) is 37.4 Å². The first-order valence-corrected chi connectivity index (χ1v) is 7.66. The van der Waals surface area contributed by atoms with Crippen LogP contribution in [0.5, 0.6) is 0 Å². The lowest BCUT2D eigenvalue weighted by Crippen LogP contribution is -2.40. The number of alkyl halides is 1. The van der Waals surface area contributed by atoms with Gasteiger partial charge in [-0.2, -0.15) is 0 Å². The third kappa shape index (κ3) is 4.08. The Kier molecular flexibility index (Phi) is 5.46. The Morgan fingerprint density at radius 1 is 1.47 bits per heavy atom. The maximum absolute atomic E-state index is 5.94. The summed E-state index contributed by atoms with van der Waals surface area (Å²) < 4.78 is 5.88. The number of piperidine rings is 1. The Morgan fingerprint density at radius 3 is 3.05 bits per heavy atom. The van der Waals surface area contributed by atoms with Gasteiger partial charge in [0, 0.05) is 31.3 Å². The number of hydrogen-bond donors (Lipinski definition) is 0. The lowest BCUT2D eigenvalue weighted by molar-refractivity contribution is 0.0439. The van der Waals surface area contributed by atoms with Gasteiger partial charge in [0.15, 0.2) is 0 Å². The minimum Gasteiger partial charge on any atom is -0.376 e. The second-order valence-corrected chi connectivity index (χ2v) is 5.46. The molecule has 106 valence electrons. The topological polar surface area (TPSA) is 25.4 Å². The minimum atomic E-state index is 0.343. The summed E-state index contributed by atoms with van der Waals surface area (Å²) in [4.78, 5) is 6.96. The number of anilines is 1. The highest BCUT2D eigenvalue weighted by Crippen LogP contribution is 2.22. The first-order chi connectivity index (χ1) is 9.22. The fraction of sp³-hybridized carbons (Fsp3) is 0.667. The van der Waals surface area contributed by atoms with Crippen molar-refractivity contribution in [1.82, 2.24) is 4.98 Å². The highest BCUT2D eigenvalue weighted by molar-refractivity contribution is 6.17. The van der Waals surface area contributed by atoms with E-state index in [1.54, 1.807) is 0 Å². The molecule has 0 N–H and O–H groups in total. The molecule has 2 rings (SSSR count). The number of halogens is 1. The molecule has 1 aliphatic heterocycles. The van der Waals surface area contributed by atoms with E-state index >= 15 is 0 Å². The van der Waals surface area contributed by atoms with Gasteiger partial charge in [-0.15, -0.1) is 11.6 Å². The smallest absolute Gasteiger partial charge is 0.129 e. The zero-order valence-electron chi connectivity index (χ0n) is 11.9. The standard InChI is InChI=1S/C15H23ClN2O/c1-3-7-19-14-5-4-6-18(11-14)15-9-13(10-16)8-12(2)17-15/h8-9,14H,3-7,10-11H2,1-2H3. The Bertz CT molecular complexity index is 411. The zero-order chi connectivity index (χ0) is 13.7. The molecule has 0 radical (unpaired) electrons. The maximum Gasteiger partial charge on any atom is 0.129 e. The van der Waals surface area contributed by atoms with Crippen LogP contribution in [0.25, 0.3) is 0 Å². The van der Waals surface area contributed by atoms with Crippen molar-refractivity contribution in [2.45, 2.75) is 45.1 Å². The molecule has 19 heavy (non-hydrogen) atoms. The van der Waals surface area contributed by atoms with Crippen molar-refractivity contribution in [2.75, 3.05) is 24.6 Å². The second-order valence-electron chi connectivity index (χ2n) is 5.19. The summed E-state index contributed by atoms with van der Waals surface area (Å²) in [7, 11) is 0. The number of hydrogen-bond acceptors (Lipinski definition) is 3. The molecule has 4 heteroatoms. The van der Waals surface area contributed by atoms with E-state index < -0.39 is 0 Å². The van der Waals surface area contributed by atoms with Gasteiger partial charge in [0.05, 0.1) is 6.10 Å². The highest BCUT2D eigenvalue weighted by atomic mass is 35.5. The molecule has 1 atom stereocenters. The van der Waals surface area contributed by atoms with Crippen molar-refractivity contribution < 1.29 is 4.74 Å². The predicted molar refractivity (Wildman–Crippen MR) is 80.0 cm³/mol. The van der Waals surface area contributed by atoms with Crippen molar-refractivity contribution in [3.8, 4) is 0 Å². The lowest BCUT2D eigenvalue weighted by atomic mass is 10.1. The van der Waals surface area contributed by atoms with Crippen LogP contribution in [0.4, 0.5) is 5.82 Å². The van der Waals surface area contributed by atoms with E-state index in [4.69, 9.17) is 16.3 Å². The Morgan fingerprint density at radius 2 is 2.32 bits per heavy atom. The molecule has 2 heterocycles. The van der Waals surface area contributed by atoms with Crippen molar-refractivity contribution in [2.24, 2.45) is 0 Å². The average Bonchev–Trinajstić information content (AvgIpc) is 2.44. The number of aryl methyl sites for hydroxylation is 1. The summed E-state index contributed by atoms with van der Waals surface area (Å²) in [5.41, 5.74) is 2.17. The van der Waals surface area contributed by atoms with E-state index in [0.717, 1.165) is 49.6 Å². The van der Waals surface area contributed by atoms with E-state index in [1.165, 1.54) is 6.42 Å². The fourth-order valence-electron chi connectivity index (χ4n) is 2.53. The molecule has 3 nitrogen and oxygen atoms in total. The normalized spacial score (nSPS) is 19.7. The number of aromatic nitrogens is 1. The van der Waals surface area contributed by atoms with Crippen LogP contribution in [0.2, 0.25) is 0 Å². The van der Waals surface area contributed by atoms with Crippen molar-refractivity contribution in [3.63, 3.8) is 0 Å². The summed E-state index contributed by atoms with van der Waals surface area (Å²) in [5, 5.41) is 0. The Hall–Kier alpha value is -0.800. The monoisotopic (exact) mass is 282 g/mol. The highest BCUT2D eigenvalue weighted by Gasteiger charge is 2.21. The number of rotatable bonds is 5. The van der Waals surface area contributed by atoms with Gasteiger partial charge in [0.1, 0.15) is 5.82 Å². The molecule has 1 unspecified atom stereocenters. The molecule has 0 spiro atoms. The van der Waals surface area contributed by atoms with Crippen LogP contribution in [-0.4, -0.2) is 30.8 Å². The summed E-state index contributed by atoms with van der Waals surface area (Å²) in [6.45, 7) is 7.03. The van der Waals surface area contributed by atoms with E-state index in [2.05, 4.69) is 22.9 Å². The van der Waals surface area contributed by atoms with Crippen LogP contribution >= 0.6 is 11.6 Å². The summed E-state index contributed by atoms with van der Waals surface area (Å²) >= 11 is 5.94. The van der Waals surface area contributed by atoms with Gasteiger partial charge in [0.2, 0.25) is 0 Å². The predicted octanol–water partition coefficient (Wildman–Crippen LogP) is 3.52. The fourth-order valence-corrected chi connectivity index (χ4v) is 2.68. The largest absolute Gasteiger partial charge is 0.376 e. The zero-order valence-corrected chi connectivity index (χ0v) is 12.6. The van der Waals surface area contributed by atoms with Gasteiger partial charge in [-0.1, -0.05) is 6.92 Å². The van der Waals surface area contributed by atoms with Crippen LogP contribution in [0.15, 0.2) is 12.1 Å². The second kappa shape index (κ2) is 7.11. The molecule has 0 amide bonds. The lowest BCUT2D eigenvalue weighted by Gasteiger charge is -2.33. The van der Waals surface area contributed by atoms with Crippen molar-refractivity contribution in [3.05, 3.63) is 23.4 Å². The molecule has 1 aromatic rings. The number of nitrogens with zero attached hydrogens (tertiary/aromatic N) is 2. The molecule has 1 fully saturated rings. The molecule has 0 saturated carbocycles. The van der Waals surface area contributed by atoms with Gasteiger partial charge in [-0.3, -0.25) is 0 Å². The van der Waals surface area contributed by atoms with Gasteiger partial charge in [0.25, 0.3) is 0 Å². The quantitative estimate of drug-likeness (QED) is 0.773. The van der Waals surface area contributed by atoms with Crippen LogP contribution in [0.3, 0.4) is 0 Å². The van der Waals surface area contributed by atoms with Gasteiger partial charge in [-0.05, 0) is 43.9 Å². The average molecular weight is 283 g/mol. The van der Waals surface area contributed by atoms with E-state index in [-0.39, 0.29) is 0 Å². The van der Waals surface area contributed by atoms with Crippen LogP contribution in [0, 0.1) is 6.92 Å². The van der Waals surface area contributed by atoms with E-state index in [9.17, 15) is 0 Å². The van der Waals surface area contributed by atoms with E-state index in [1.807, 2.05) is 13.0 Å². The molecule has 0 aliphatic carbocycles. The van der Waals surface area contributed by atoms with Crippen molar-refractivity contribution >= 4 is 17.4 Å². The molecule has 1 aliphatic rings. The molecule has 1 saturated heterocycles. The summed E-state index contributed by atoms with van der Waals surface area (Å²) in [6, 6.07) is 4.15. The number of pyridine rings is 1. The third-order valence-corrected chi connectivity index (χ3v) is 3.72.